The fourth-order valence-electron chi connectivity index (χ4n) is 3.33. The van der Waals surface area contributed by atoms with Crippen LogP contribution in [0.1, 0.15) is 40.0 Å². The topological polar surface area (TPSA) is 49.9 Å². The van der Waals surface area contributed by atoms with Crippen LogP contribution in [0.4, 0.5) is 13.2 Å². The fourth-order valence-corrected chi connectivity index (χ4v) is 3.33. The van der Waals surface area contributed by atoms with Crippen molar-refractivity contribution in [1.29, 1.82) is 0 Å². The van der Waals surface area contributed by atoms with Crippen molar-refractivity contribution in [3.05, 3.63) is 0 Å². The van der Waals surface area contributed by atoms with E-state index < -0.39 is 42.2 Å². The SMILES string of the molecule is CN1CC2CCC(C1OC(=O)C(C)(C)C)N(C(=O)CC(F)(F)F)C2. The number of hydrogen-bond donors (Lipinski definition) is 0. The van der Waals surface area contributed by atoms with Crippen LogP contribution in [0.15, 0.2) is 0 Å². The van der Waals surface area contributed by atoms with Crippen LogP contribution in [0, 0.1) is 11.3 Å². The molecule has 138 valence electrons. The number of rotatable bonds is 2. The molecule has 3 unspecified atom stereocenters. The van der Waals surface area contributed by atoms with Gasteiger partial charge in [0.2, 0.25) is 5.91 Å². The Kier molecular flexibility index (Phi) is 5.18. The highest BCUT2D eigenvalue weighted by atomic mass is 19.4. The minimum absolute atomic E-state index is 0.0989. The van der Waals surface area contributed by atoms with Gasteiger partial charge in [-0.25, -0.2) is 0 Å². The van der Waals surface area contributed by atoms with E-state index in [0.717, 1.165) is 6.42 Å². The molecule has 1 amide bonds. The van der Waals surface area contributed by atoms with Crippen LogP contribution in [-0.2, 0) is 14.3 Å². The highest BCUT2D eigenvalue weighted by molar-refractivity contribution is 5.78. The number of hydrogen-bond acceptors (Lipinski definition) is 4. The average molecular weight is 350 g/mol. The number of carbonyl (C=O) groups is 2. The van der Waals surface area contributed by atoms with Crippen molar-refractivity contribution in [3.8, 4) is 0 Å². The molecular weight excluding hydrogens is 325 g/mol. The lowest BCUT2D eigenvalue weighted by atomic mass is 9.93. The maximum absolute atomic E-state index is 12.6. The van der Waals surface area contributed by atoms with Crippen molar-refractivity contribution >= 4 is 11.9 Å². The Morgan fingerprint density at radius 3 is 2.29 bits per heavy atom. The second-order valence-corrected chi connectivity index (χ2v) is 7.83. The number of alkyl halides is 3. The molecule has 0 radical (unpaired) electrons. The zero-order chi connectivity index (χ0) is 18.3. The summed E-state index contributed by atoms with van der Waals surface area (Å²) >= 11 is 0. The van der Waals surface area contributed by atoms with E-state index in [1.165, 1.54) is 4.90 Å². The van der Waals surface area contributed by atoms with Gasteiger partial charge in [0.05, 0.1) is 11.5 Å². The van der Waals surface area contributed by atoms with E-state index in [-0.39, 0.29) is 12.5 Å². The van der Waals surface area contributed by atoms with Gasteiger partial charge in [0, 0.05) is 13.1 Å². The number of amides is 1. The van der Waals surface area contributed by atoms with E-state index in [4.69, 9.17) is 4.74 Å². The summed E-state index contributed by atoms with van der Waals surface area (Å²) in [6, 6.07) is -0.532. The van der Waals surface area contributed by atoms with Crippen molar-refractivity contribution in [2.24, 2.45) is 11.3 Å². The zero-order valence-electron chi connectivity index (χ0n) is 14.5. The molecule has 5 nitrogen and oxygen atoms in total. The molecule has 3 aliphatic heterocycles. The van der Waals surface area contributed by atoms with Crippen LogP contribution < -0.4 is 0 Å². The molecule has 3 saturated heterocycles. The molecule has 3 heterocycles. The monoisotopic (exact) mass is 350 g/mol. The number of ether oxygens (including phenoxy) is 1. The van der Waals surface area contributed by atoms with Gasteiger partial charge < -0.3 is 9.64 Å². The van der Waals surface area contributed by atoms with Crippen LogP contribution in [0.5, 0.6) is 0 Å². The summed E-state index contributed by atoms with van der Waals surface area (Å²) in [5.41, 5.74) is -0.716. The molecule has 0 saturated carbocycles. The largest absolute Gasteiger partial charge is 0.444 e. The van der Waals surface area contributed by atoms with E-state index in [1.54, 1.807) is 27.8 Å². The van der Waals surface area contributed by atoms with Gasteiger partial charge in [-0.2, -0.15) is 13.2 Å². The van der Waals surface area contributed by atoms with Gasteiger partial charge in [0.1, 0.15) is 6.42 Å². The van der Waals surface area contributed by atoms with Gasteiger partial charge in [-0.3, -0.25) is 14.5 Å². The van der Waals surface area contributed by atoms with Crippen molar-refractivity contribution in [3.63, 3.8) is 0 Å². The highest BCUT2D eigenvalue weighted by Gasteiger charge is 2.46. The Balaban J connectivity index is 2.21. The minimum atomic E-state index is -4.54. The van der Waals surface area contributed by atoms with Crippen molar-refractivity contribution < 1.29 is 27.5 Å². The molecule has 0 spiro atoms. The molecule has 0 aromatic heterocycles. The summed E-state index contributed by atoms with van der Waals surface area (Å²) in [5, 5.41) is 0. The lowest BCUT2D eigenvalue weighted by Gasteiger charge is -2.40. The maximum Gasteiger partial charge on any atom is 0.397 e. The summed E-state index contributed by atoms with van der Waals surface area (Å²) in [6.45, 7) is 6.03. The van der Waals surface area contributed by atoms with Crippen LogP contribution in [0.2, 0.25) is 0 Å². The lowest BCUT2D eigenvalue weighted by Crippen LogP contribution is -2.54. The molecule has 0 aromatic carbocycles. The minimum Gasteiger partial charge on any atom is -0.444 e. The molecule has 2 bridgehead atoms. The fraction of sp³-hybridized carbons (Fsp3) is 0.875. The van der Waals surface area contributed by atoms with Gasteiger partial charge in [-0.1, -0.05) is 0 Å². The van der Waals surface area contributed by atoms with Crippen LogP contribution in [0.3, 0.4) is 0 Å². The predicted molar refractivity (Wildman–Crippen MR) is 80.9 cm³/mol. The van der Waals surface area contributed by atoms with Gasteiger partial charge in [-0.05, 0) is 46.6 Å². The first-order chi connectivity index (χ1) is 10.9. The Labute approximate surface area is 140 Å². The molecule has 0 aliphatic carbocycles. The van der Waals surface area contributed by atoms with Crippen molar-refractivity contribution in [2.45, 2.75) is 58.5 Å². The molecule has 8 heteroatoms. The normalized spacial score (nSPS) is 28.6. The Morgan fingerprint density at radius 2 is 1.75 bits per heavy atom. The van der Waals surface area contributed by atoms with Crippen LogP contribution in [-0.4, -0.2) is 60.3 Å². The number of esters is 1. The van der Waals surface area contributed by atoms with E-state index in [9.17, 15) is 22.8 Å². The third-order valence-electron chi connectivity index (χ3n) is 4.55. The van der Waals surface area contributed by atoms with E-state index in [0.29, 0.717) is 13.0 Å². The van der Waals surface area contributed by atoms with Gasteiger partial charge in [0.15, 0.2) is 6.23 Å². The highest BCUT2D eigenvalue weighted by Crippen LogP contribution is 2.34. The summed E-state index contributed by atoms with van der Waals surface area (Å²) in [4.78, 5) is 27.5. The number of carbonyl (C=O) groups excluding carboxylic acids is 2. The molecule has 24 heavy (non-hydrogen) atoms. The summed E-state index contributed by atoms with van der Waals surface area (Å²) in [6.07, 6.45) is -5.36. The Bertz CT molecular complexity index is 502. The Morgan fingerprint density at radius 1 is 1.12 bits per heavy atom. The molecule has 3 fully saturated rings. The van der Waals surface area contributed by atoms with E-state index in [2.05, 4.69) is 0 Å². The summed E-state index contributed by atoms with van der Waals surface area (Å²) < 4.78 is 43.4. The number of piperidine rings is 1. The van der Waals surface area contributed by atoms with Crippen molar-refractivity contribution in [2.75, 3.05) is 20.1 Å². The number of fused-ring (bicyclic) bond motifs is 4. The molecule has 3 atom stereocenters. The lowest BCUT2D eigenvalue weighted by molar-refractivity contribution is -0.180. The first-order valence-corrected chi connectivity index (χ1v) is 8.16. The first-order valence-electron chi connectivity index (χ1n) is 8.16. The molecular formula is C16H25F3N2O3. The maximum atomic E-state index is 12.6. The second kappa shape index (κ2) is 6.54. The zero-order valence-corrected chi connectivity index (χ0v) is 14.5. The summed E-state index contributed by atoms with van der Waals surface area (Å²) in [5.74, 6) is -1.26. The second-order valence-electron chi connectivity index (χ2n) is 7.83. The third-order valence-corrected chi connectivity index (χ3v) is 4.55. The van der Waals surface area contributed by atoms with Crippen LogP contribution >= 0.6 is 0 Å². The first kappa shape index (κ1) is 19.0. The van der Waals surface area contributed by atoms with Crippen LogP contribution in [0.25, 0.3) is 0 Å². The van der Waals surface area contributed by atoms with E-state index >= 15 is 0 Å². The van der Waals surface area contributed by atoms with Gasteiger partial charge in [-0.15, -0.1) is 0 Å². The molecule has 0 aromatic rings. The molecule has 0 N–H and O–H groups in total. The molecule has 3 aliphatic rings. The average Bonchev–Trinajstić information content (AvgIpc) is 2.62. The van der Waals surface area contributed by atoms with Gasteiger partial charge in [0.25, 0.3) is 0 Å². The number of nitrogens with zero attached hydrogens (tertiary/aromatic N) is 2. The number of halogens is 3. The number of likely N-dealkylation sites (N-methyl/N-ethyl adjacent to an activating group) is 1. The third kappa shape index (κ3) is 4.40. The predicted octanol–water partition coefficient (Wildman–Crippen LogP) is 2.41. The van der Waals surface area contributed by atoms with E-state index in [1.807, 2.05) is 4.90 Å². The van der Waals surface area contributed by atoms with Gasteiger partial charge >= 0.3 is 12.1 Å². The van der Waals surface area contributed by atoms with Crippen molar-refractivity contribution in [1.82, 2.24) is 9.80 Å². The Hall–Kier alpha value is -1.31. The smallest absolute Gasteiger partial charge is 0.397 e. The molecule has 3 rings (SSSR count). The standard InChI is InChI=1S/C16H25F3N2O3/c1-15(2,3)14(23)24-13-11-6-5-10(8-20(13)4)9-21(11)12(22)7-16(17,18)19/h10-11,13H,5-9H2,1-4H3. The summed E-state index contributed by atoms with van der Waals surface area (Å²) in [7, 11) is 1.78. The quantitative estimate of drug-likeness (QED) is 0.718.